The Labute approximate surface area is 126 Å². The molecule has 0 unspecified atom stereocenters. The first-order valence-corrected chi connectivity index (χ1v) is 7.50. The van der Waals surface area contributed by atoms with Gasteiger partial charge in [0, 0.05) is 21.9 Å². The van der Waals surface area contributed by atoms with Gasteiger partial charge in [-0.05, 0) is 54.1 Å². The summed E-state index contributed by atoms with van der Waals surface area (Å²) >= 11 is 2.23. The first kappa shape index (κ1) is 14.5. The van der Waals surface area contributed by atoms with Gasteiger partial charge in [-0.1, -0.05) is 6.92 Å². The lowest BCUT2D eigenvalue weighted by Crippen LogP contribution is -2.51. The van der Waals surface area contributed by atoms with Crippen molar-refractivity contribution < 1.29 is 9.90 Å². The number of halogens is 1. The Morgan fingerprint density at radius 1 is 1.58 bits per heavy atom. The van der Waals surface area contributed by atoms with E-state index in [1.807, 2.05) is 30.2 Å². The van der Waals surface area contributed by atoms with Gasteiger partial charge >= 0.3 is 5.97 Å². The van der Waals surface area contributed by atoms with E-state index in [9.17, 15) is 4.79 Å². The van der Waals surface area contributed by atoms with Crippen LogP contribution in [-0.2, 0) is 4.79 Å². The molecular formula is C13H18IN3O2. The van der Waals surface area contributed by atoms with Crippen molar-refractivity contribution in [3.05, 3.63) is 21.9 Å². The molecule has 0 amide bonds. The lowest BCUT2D eigenvalue weighted by molar-refractivity contribution is -0.139. The number of likely N-dealkylation sites (N-methyl/N-ethyl adjacent to an activating group) is 1. The number of carboxylic acids is 1. The van der Waals surface area contributed by atoms with E-state index < -0.39 is 5.97 Å². The Hall–Kier alpha value is -0.890. The van der Waals surface area contributed by atoms with Crippen LogP contribution in [0.4, 0.5) is 5.82 Å². The van der Waals surface area contributed by atoms with Crippen LogP contribution in [0.1, 0.15) is 19.8 Å². The highest BCUT2D eigenvalue weighted by Gasteiger charge is 2.33. The second kappa shape index (κ2) is 6.51. The maximum Gasteiger partial charge on any atom is 0.317 e. The van der Waals surface area contributed by atoms with Gasteiger partial charge in [-0.15, -0.1) is 0 Å². The van der Waals surface area contributed by atoms with Gasteiger partial charge in [-0.25, -0.2) is 4.98 Å². The fraction of sp³-hybridized carbons (Fsp3) is 0.538. The minimum atomic E-state index is -0.752. The van der Waals surface area contributed by atoms with Crippen molar-refractivity contribution in [2.75, 3.05) is 18.4 Å². The topological polar surface area (TPSA) is 65.5 Å². The first-order chi connectivity index (χ1) is 9.08. The fourth-order valence-electron chi connectivity index (χ4n) is 2.35. The van der Waals surface area contributed by atoms with Crippen LogP contribution in [0.3, 0.4) is 0 Å². The second-order valence-corrected chi connectivity index (χ2v) is 6.03. The van der Waals surface area contributed by atoms with Crippen LogP contribution in [0.25, 0.3) is 0 Å². The number of carboxylic acid groups (broad SMARTS) is 1. The molecule has 104 valence electrons. The van der Waals surface area contributed by atoms with Crippen LogP contribution in [-0.4, -0.2) is 46.1 Å². The largest absolute Gasteiger partial charge is 0.480 e. The van der Waals surface area contributed by atoms with E-state index in [2.05, 4.69) is 32.9 Å². The predicted octanol–water partition coefficient (Wildman–Crippen LogP) is 2.04. The van der Waals surface area contributed by atoms with Gasteiger partial charge in [0.15, 0.2) is 0 Å². The third-order valence-corrected chi connectivity index (χ3v) is 4.09. The molecule has 1 aromatic rings. The zero-order valence-electron chi connectivity index (χ0n) is 10.8. The van der Waals surface area contributed by atoms with E-state index in [0.29, 0.717) is 12.1 Å². The van der Waals surface area contributed by atoms with E-state index in [4.69, 9.17) is 5.11 Å². The van der Waals surface area contributed by atoms with Crippen molar-refractivity contribution in [1.29, 1.82) is 0 Å². The van der Waals surface area contributed by atoms with Crippen molar-refractivity contribution in [1.82, 2.24) is 9.88 Å². The molecule has 2 N–H and O–H groups in total. The molecular weight excluding hydrogens is 357 g/mol. The molecule has 1 aliphatic rings. The molecule has 1 aliphatic carbocycles. The SMILES string of the molecule is CCN(CC(=O)O)C1CC(Nc2ccc(I)cn2)C1. The van der Waals surface area contributed by atoms with Crippen LogP contribution < -0.4 is 5.32 Å². The van der Waals surface area contributed by atoms with Crippen LogP contribution in [0.5, 0.6) is 0 Å². The van der Waals surface area contributed by atoms with Gasteiger partial charge in [0.05, 0.1) is 6.54 Å². The van der Waals surface area contributed by atoms with Crippen LogP contribution >= 0.6 is 22.6 Å². The minimum absolute atomic E-state index is 0.135. The van der Waals surface area contributed by atoms with Crippen molar-refractivity contribution in [3.8, 4) is 0 Å². The number of carbonyl (C=O) groups is 1. The van der Waals surface area contributed by atoms with E-state index >= 15 is 0 Å². The van der Waals surface area contributed by atoms with E-state index in [-0.39, 0.29) is 6.54 Å². The summed E-state index contributed by atoms with van der Waals surface area (Å²) in [6, 6.07) is 4.78. The number of anilines is 1. The maximum atomic E-state index is 10.7. The van der Waals surface area contributed by atoms with Gasteiger partial charge in [0.25, 0.3) is 0 Å². The van der Waals surface area contributed by atoms with Gasteiger partial charge in [-0.2, -0.15) is 0 Å². The Morgan fingerprint density at radius 2 is 2.32 bits per heavy atom. The molecule has 1 aromatic heterocycles. The zero-order valence-corrected chi connectivity index (χ0v) is 13.0. The summed E-state index contributed by atoms with van der Waals surface area (Å²) in [7, 11) is 0. The number of rotatable bonds is 6. The Balaban J connectivity index is 1.79. The first-order valence-electron chi connectivity index (χ1n) is 6.42. The Morgan fingerprint density at radius 3 is 2.84 bits per heavy atom. The van der Waals surface area contributed by atoms with E-state index in [1.165, 1.54) is 0 Å². The number of hydrogen-bond acceptors (Lipinski definition) is 4. The molecule has 0 saturated heterocycles. The average Bonchev–Trinajstić information content (AvgIpc) is 2.33. The van der Waals surface area contributed by atoms with Crippen molar-refractivity contribution in [2.45, 2.75) is 31.8 Å². The molecule has 0 radical (unpaired) electrons. The molecule has 1 heterocycles. The lowest BCUT2D eigenvalue weighted by Gasteiger charge is -2.42. The van der Waals surface area contributed by atoms with Gasteiger partial charge < -0.3 is 10.4 Å². The summed E-state index contributed by atoms with van der Waals surface area (Å²) in [5, 5.41) is 12.2. The second-order valence-electron chi connectivity index (χ2n) is 4.78. The number of hydrogen-bond donors (Lipinski definition) is 2. The smallest absolute Gasteiger partial charge is 0.317 e. The minimum Gasteiger partial charge on any atom is -0.480 e. The highest BCUT2D eigenvalue weighted by molar-refractivity contribution is 14.1. The standard InChI is InChI=1S/C13H18IN3O2/c1-2-17(8-13(18)19)11-5-10(6-11)16-12-4-3-9(14)7-15-12/h3-4,7,10-11H,2,5-6,8H2,1H3,(H,15,16)(H,18,19). The van der Waals surface area contributed by atoms with Crippen molar-refractivity contribution >= 4 is 34.4 Å². The van der Waals surface area contributed by atoms with Gasteiger partial charge in [0.2, 0.25) is 0 Å². The zero-order chi connectivity index (χ0) is 13.8. The molecule has 5 nitrogen and oxygen atoms in total. The lowest BCUT2D eigenvalue weighted by atomic mass is 9.85. The van der Waals surface area contributed by atoms with E-state index in [0.717, 1.165) is 28.8 Å². The molecule has 0 spiro atoms. The molecule has 1 saturated carbocycles. The highest BCUT2D eigenvalue weighted by atomic mass is 127. The summed E-state index contributed by atoms with van der Waals surface area (Å²) < 4.78 is 1.12. The van der Waals surface area contributed by atoms with Crippen LogP contribution in [0.15, 0.2) is 18.3 Å². The number of nitrogens with one attached hydrogen (secondary N) is 1. The number of pyridine rings is 1. The molecule has 2 rings (SSSR count). The Kier molecular flexibility index (Phi) is 4.98. The summed E-state index contributed by atoms with van der Waals surface area (Å²) in [4.78, 5) is 17.1. The average molecular weight is 375 g/mol. The third-order valence-electron chi connectivity index (χ3n) is 3.45. The van der Waals surface area contributed by atoms with Gasteiger partial charge in [0.1, 0.15) is 5.82 Å². The van der Waals surface area contributed by atoms with E-state index in [1.54, 1.807) is 0 Å². The molecule has 0 atom stereocenters. The summed E-state index contributed by atoms with van der Waals surface area (Å²) in [6.45, 7) is 2.92. The summed E-state index contributed by atoms with van der Waals surface area (Å²) in [5.74, 6) is 0.141. The number of nitrogens with zero attached hydrogens (tertiary/aromatic N) is 2. The highest BCUT2D eigenvalue weighted by Crippen LogP contribution is 2.28. The molecule has 1 fully saturated rings. The van der Waals surface area contributed by atoms with Crippen molar-refractivity contribution in [2.24, 2.45) is 0 Å². The molecule has 0 aromatic carbocycles. The number of aliphatic carboxylic acids is 1. The van der Waals surface area contributed by atoms with Crippen LogP contribution in [0.2, 0.25) is 0 Å². The third kappa shape index (κ3) is 4.04. The predicted molar refractivity (Wildman–Crippen MR) is 82.3 cm³/mol. The fourth-order valence-corrected chi connectivity index (χ4v) is 2.67. The maximum absolute atomic E-state index is 10.7. The molecule has 0 aliphatic heterocycles. The molecule has 19 heavy (non-hydrogen) atoms. The Bertz CT molecular complexity index is 432. The summed E-state index contributed by atoms with van der Waals surface area (Å²) in [6.07, 6.45) is 3.80. The van der Waals surface area contributed by atoms with Gasteiger partial charge in [-0.3, -0.25) is 9.69 Å². The van der Waals surface area contributed by atoms with Crippen LogP contribution in [0, 0.1) is 3.57 Å². The quantitative estimate of drug-likeness (QED) is 0.745. The van der Waals surface area contributed by atoms with Crippen molar-refractivity contribution in [3.63, 3.8) is 0 Å². The monoisotopic (exact) mass is 375 g/mol. The molecule has 6 heteroatoms. The number of aromatic nitrogens is 1. The normalized spacial score (nSPS) is 22.1. The molecule has 0 bridgehead atoms. The summed E-state index contributed by atoms with van der Waals surface area (Å²) in [5.41, 5.74) is 0.